The lowest BCUT2D eigenvalue weighted by atomic mass is 10.1. The molecule has 6 heteroatoms. The van der Waals surface area contributed by atoms with Crippen LogP contribution in [0.3, 0.4) is 0 Å². The zero-order valence-corrected chi connectivity index (χ0v) is 14.8. The molecule has 0 aliphatic carbocycles. The Kier molecular flexibility index (Phi) is 3.50. The highest BCUT2D eigenvalue weighted by Crippen LogP contribution is 2.33. The fraction of sp³-hybridized carbons (Fsp3) is 0.143. The molecule has 0 saturated carbocycles. The Hall–Kier alpha value is -3.54. The summed E-state index contributed by atoms with van der Waals surface area (Å²) in [6.45, 7) is 2.08. The van der Waals surface area contributed by atoms with E-state index in [1.807, 2.05) is 64.0 Å². The second-order valence-electron chi connectivity index (χ2n) is 6.75. The molecule has 27 heavy (non-hydrogen) atoms. The summed E-state index contributed by atoms with van der Waals surface area (Å²) in [7, 11) is 0. The number of fused-ring (bicyclic) bond motifs is 2. The zero-order valence-electron chi connectivity index (χ0n) is 14.8. The Bertz CT molecular complexity index is 1150. The number of nitrogens with zero attached hydrogens (tertiary/aromatic N) is 5. The van der Waals surface area contributed by atoms with E-state index in [9.17, 15) is 4.79 Å². The van der Waals surface area contributed by atoms with Crippen molar-refractivity contribution in [3.8, 4) is 11.4 Å². The molecule has 6 nitrogen and oxygen atoms in total. The molecule has 0 fully saturated rings. The summed E-state index contributed by atoms with van der Waals surface area (Å²) in [5, 5.41) is 8.29. The van der Waals surface area contributed by atoms with E-state index in [4.69, 9.17) is 0 Å². The van der Waals surface area contributed by atoms with Crippen LogP contribution in [0.4, 0.5) is 5.69 Å². The Balaban J connectivity index is 1.48. The van der Waals surface area contributed by atoms with Crippen LogP contribution in [0.1, 0.15) is 22.8 Å². The highest BCUT2D eigenvalue weighted by atomic mass is 16.2. The number of para-hydroxylation sites is 1. The summed E-state index contributed by atoms with van der Waals surface area (Å²) in [6, 6.07) is 17.6. The van der Waals surface area contributed by atoms with Gasteiger partial charge < -0.3 is 4.90 Å². The van der Waals surface area contributed by atoms with E-state index in [1.54, 1.807) is 6.20 Å². The number of benzene rings is 2. The van der Waals surface area contributed by atoms with Gasteiger partial charge in [0.1, 0.15) is 0 Å². The van der Waals surface area contributed by atoms with E-state index >= 15 is 0 Å². The molecule has 1 unspecified atom stereocenters. The Labute approximate surface area is 156 Å². The zero-order chi connectivity index (χ0) is 18.4. The molecule has 1 aliphatic heterocycles. The van der Waals surface area contributed by atoms with Crippen LogP contribution < -0.4 is 4.90 Å². The molecule has 2 aromatic heterocycles. The highest BCUT2D eigenvalue weighted by Gasteiger charge is 2.31. The molecule has 4 aromatic rings. The Morgan fingerprint density at radius 3 is 2.70 bits per heavy atom. The van der Waals surface area contributed by atoms with Crippen LogP contribution in [0.25, 0.3) is 17.2 Å². The van der Waals surface area contributed by atoms with Gasteiger partial charge in [-0.15, -0.1) is 10.2 Å². The van der Waals surface area contributed by atoms with E-state index in [-0.39, 0.29) is 11.9 Å². The van der Waals surface area contributed by atoms with Gasteiger partial charge in [-0.05, 0) is 43.2 Å². The van der Waals surface area contributed by atoms with Crippen LogP contribution in [0.5, 0.6) is 0 Å². The van der Waals surface area contributed by atoms with Crippen molar-refractivity contribution in [1.29, 1.82) is 0 Å². The lowest BCUT2D eigenvalue weighted by molar-refractivity contribution is 0.0981. The molecule has 3 heterocycles. The third-order valence-electron chi connectivity index (χ3n) is 5.01. The van der Waals surface area contributed by atoms with Crippen molar-refractivity contribution in [2.75, 3.05) is 4.90 Å². The van der Waals surface area contributed by atoms with Gasteiger partial charge in [0.15, 0.2) is 5.82 Å². The molecule has 1 atom stereocenters. The average molecular weight is 355 g/mol. The van der Waals surface area contributed by atoms with Crippen LogP contribution in [0, 0.1) is 0 Å². The van der Waals surface area contributed by atoms with Gasteiger partial charge in [-0.25, -0.2) is 4.98 Å². The lowest BCUT2D eigenvalue weighted by Gasteiger charge is -2.22. The van der Waals surface area contributed by atoms with E-state index in [0.717, 1.165) is 17.7 Å². The number of amides is 1. The number of hydrogen-bond donors (Lipinski definition) is 0. The molecule has 2 aromatic carbocycles. The van der Waals surface area contributed by atoms with Crippen LogP contribution in [0.2, 0.25) is 0 Å². The minimum absolute atomic E-state index is 0.0202. The number of aromatic nitrogens is 4. The van der Waals surface area contributed by atoms with Gasteiger partial charge in [-0.3, -0.25) is 9.20 Å². The summed E-state index contributed by atoms with van der Waals surface area (Å²) in [4.78, 5) is 19.2. The van der Waals surface area contributed by atoms with Gasteiger partial charge >= 0.3 is 0 Å². The first-order valence-corrected chi connectivity index (χ1v) is 8.90. The second kappa shape index (κ2) is 6.02. The summed E-state index contributed by atoms with van der Waals surface area (Å²) in [6.07, 6.45) is 4.45. The van der Waals surface area contributed by atoms with Crippen molar-refractivity contribution < 1.29 is 4.79 Å². The van der Waals surface area contributed by atoms with Crippen LogP contribution in [-0.2, 0) is 6.42 Å². The third kappa shape index (κ3) is 2.49. The van der Waals surface area contributed by atoms with Gasteiger partial charge in [0.2, 0.25) is 0 Å². The summed E-state index contributed by atoms with van der Waals surface area (Å²) in [5.74, 6) is 1.28. The fourth-order valence-corrected chi connectivity index (χ4v) is 3.72. The predicted molar refractivity (Wildman–Crippen MR) is 103 cm³/mol. The first-order chi connectivity index (χ1) is 13.2. The van der Waals surface area contributed by atoms with Gasteiger partial charge in [-0.2, -0.15) is 0 Å². The first kappa shape index (κ1) is 15.7. The summed E-state index contributed by atoms with van der Waals surface area (Å²) >= 11 is 0. The molecule has 1 aliphatic rings. The minimum Gasteiger partial charge on any atom is -0.305 e. The van der Waals surface area contributed by atoms with Gasteiger partial charge in [0, 0.05) is 35.2 Å². The molecule has 1 amide bonds. The van der Waals surface area contributed by atoms with Crippen molar-refractivity contribution in [3.63, 3.8) is 0 Å². The largest absolute Gasteiger partial charge is 0.305 e. The van der Waals surface area contributed by atoms with E-state index in [1.165, 1.54) is 5.56 Å². The number of hydrogen-bond acceptors (Lipinski definition) is 4. The number of carbonyl (C=O) groups excluding carboxylic acids is 1. The lowest BCUT2D eigenvalue weighted by Crippen LogP contribution is -2.35. The van der Waals surface area contributed by atoms with E-state index in [0.29, 0.717) is 17.2 Å². The second-order valence-corrected chi connectivity index (χ2v) is 6.75. The molecule has 0 spiro atoms. The Morgan fingerprint density at radius 2 is 1.85 bits per heavy atom. The molecular weight excluding hydrogens is 338 g/mol. The van der Waals surface area contributed by atoms with Gasteiger partial charge in [-0.1, -0.05) is 30.3 Å². The minimum atomic E-state index is 0.0202. The molecule has 0 radical (unpaired) electrons. The summed E-state index contributed by atoms with van der Waals surface area (Å²) < 4.78 is 1.83. The molecule has 0 N–H and O–H groups in total. The SMILES string of the molecule is CC1Cc2ccccc2N1C(=O)c1ccc(-c2nnc3ncccn23)cc1. The topological polar surface area (TPSA) is 63.4 Å². The van der Waals surface area contributed by atoms with E-state index in [2.05, 4.69) is 28.2 Å². The average Bonchev–Trinajstić information content (AvgIpc) is 3.28. The number of anilines is 1. The molecule has 0 bridgehead atoms. The molecule has 5 rings (SSSR count). The van der Waals surface area contributed by atoms with E-state index < -0.39 is 0 Å². The summed E-state index contributed by atoms with van der Waals surface area (Å²) in [5.41, 5.74) is 3.78. The monoisotopic (exact) mass is 355 g/mol. The third-order valence-corrected chi connectivity index (χ3v) is 5.01. The van der Waals surface area contributed by atoms with Crippen LogP contribution >= 0.6 is 0 Å². The standard InChI is InChI=1S/C21H17N5O/c1-14-13-17-5-2-3-6-18(17)26(14)20(27)16-9-7-15(8-10-16)19-23-24-21-22-11-4-12-25(19)21/h2-12,14H,13H2,1H3. The number of rotatable bonds is 2. The van der Waals surface area contributed by atoms with Crippen molar-refractivity contribution in [2.24, 2.45) is 0 Å². The van der Waals surface area contributed by atoms with Crippen molar-refractivity contribution in [1.82, 2.24) is 19.6 Å². The maximum absolute atomic E-state index is 13.1. The van der Waals surface area contributed by atoms with Crippen LogP contribution in [-0.4, -0.2) is 31.5 Å². The highest BCUT2D eigenvalue weighted by molar-refractivity contribution is 6.07. The van der Waals surface area contributed by atoms with Gasteiger partial charge in [0.25, 0.3) is 11.7 Å². The maximum Gasteiger partial charge on any atom is 0.258 e. The normalized spacial score (nSPS) is 15.9. The molecule has 132 valence electrons. The smallest absolute Gasteiger partial charge is 0.258 e. The van der Waals surface area contributed by atoms with Gasteiger partial charge in [0.05, 0.1) is 0 Å². The van der Waals surface area contributed by atoms with Crippen molar-refractivity contribution in [2.45, 2.75) is 19.4 Å². The van der Waals surface area contributed by atoms with Crippen LogP contribution in [0.15, 0.2) is 67.0 Å². The van der Waals surface area contributed by atoms with Crippen molar-refractivity contribution in [3.05, 3.63) is 78.1 Å². The predicted octanol–water partition coefficient (Wildman–Crippen LogP) is 3.38. The maximum atomic E-state index is 13.1. The number of carbonyl (C=O) groups is 1. The first-order valence-electron chi connectivity index (χ1n) is 8.90. The van der Waals surface area contributed by atoms with Crippen molar-refractivity contribution >= 4 is 17.4 Å². The molecular formula is C21H17N5O. The Morgan fingerprint density at radius 1 is 1.04 bits per heavy atom. The molecule has 0 saturated heterocycles. The quantitative estimate of drug-likeness (QED) is 0.553. The fourth-order valence-electron chi connectivity index (χ4n) is 3.72.